The maximum atomic E-state index is 11.0. The molecule has 0 aliphatic rings. The van der Waals surface area contributed by atoms with Gasteiger partial charge >= 0.3 is 0 Å². The Kier molecular flexibility index (Phi) is 8.82. The van der Waals surface area contributed by atoms with E-state index in [9.17, 15) is 25.0 Å². The van der Waals surface area contributed by atoms with Crippen LogP contribution in [0.5, 0.6) is 0 Å². The number of nitrogens with zero attached hydrogens (tertiary/aromatic N) is 2. The number of anilines is 1. The average Bonchev–Trinajstić information content (AvgIpc) is 2.56. The van der Waals surface area contributed by atoms with Gasteiger partial charge < -0.3 is 20.1 Å². The van der Waals surface area contributed by atoms with Crippen LogP contribution in [0.2, 0.25) is 0 Å². The van der Waals surface area contributed by atoms with Crippen LogP contribution >= 0.6 is 0 Å². The molecule has 11 heteroatoms. The predicted octanol–water partition coefficient (Wildman–Crippen LogP) is 1.08. The Labute approximate surface area is 143 Å². The standard InChI is InChI=1S/C14H20N4O7/c1-11(19)15-4-6-24-8-9-25-7-5-16-13-3-2-12(17(20)21)10-14(13)18(22)23/h2-3,10,16H,4-9H2,1H3,(H,15,19). The summed E-state index contributed by atoms with van der Waals surface area (Å²) < 4.78 is 10.5. The van der Waals surface area contributed by atoms with E-state index in [1.807, 2.05) is 0 Å². The van der Waals surface area contributed by atoms with Crippen molar-refractivity contribution in [2.45, 2.75) is 6.92 Å². The fourth-order valence-corrected chi connectivity index (χ4v) is 1.81. The molecule has 2 N–H and O–H groups in total. The Balaban J connectivity index is 2.24. The number of carbonyl (C=O) groups excluding carboxylic acids is 1. The summed E-state index contributed by atoms with van der Waals surface area (Å²) in [6, 6.07) is 3.40. The van der Waals surface area contributed by atoms with E-state index in [1.54, 1.807) is 0 Å². The SMILES string of the molecule is CC(=O)NCCOCCOCCNc1ccc([N+](=O)[O-])cc1[N+](=O)[O-]. The Morgan fingerprint density at radius 2 is 1.68 bits per heavy atom. The molecule has 0 saturated carbocycles. The molecule has 0 atom stereocenters. The van der Waals surface area contributed by atoms with E-state index in [0.29, 0.717) is 32.9 Å². The van der Waals surface area contributed by atoms with Gasteiger partial charge in [0.05, 0.1) is 42.3 Å². The molecule has 11 nitrogen and oxygen atoms in total. The van der Waals surface area contributed by atoms with Crippen LogP contribution in [0.3, 0.4) is 0 Å². The Bertz CT molecular complexity index is 609. The first-order chi connectivity index (χ1) is 11.9. The average molecular weight is 356 g/mol. The van der Waals surface area contributed by atoms with Crippen molar-refractivity contribution >= 4 is 23.0 Å². The van der Waals surface area contributed by atoms with Crippen LogP contribution < -0.4 is 10.6 Å². The summed E-state index contributed by atoms with van der Waals surface area (Å²) in [4.78, 5) is 30.9. The molecule has 25 heavy (non-hydrogen) atoms. The van der Waals surface area contributed by atoms with Gasteiger partial charge in [0, 0.05) is 26.1 Å². The van der Waals surface area contributed by atoms with Crippen LogP contribution in [0, 0.1) is 20.2 Å². The number of rotatable bonds is 12. The number of benzene rings is 1. The normalized spacial score (nSPS) is 10.3. The number of nitro groups is 2. The van der Waals surface area contributed by atoms with Crippen molar-refractivity contribution in [2.75, 3.05) is 44.8 Å². The van der Waals surface area contributed by atoms with E-state index >= 15 is 0 Å². The zero-order valence-corrected chi connectivity index (χ0v) is 13.7. The summed E-state index contributed by atoms with van der Waals surface area (Å²) in [6.07, 6.45) is 0. The number of nitrogens with one attached hydrogen (secondary N) is 2. The number of amides is 1. The molecule has 1 aromatic carbocycles. The van der Waals surface area contributed by atoms with Crippen molar-refractivity contribution in [3.63, 3.8) is 0 Å². The first-order valence-electron chi connectivity index (χ1n) is 7.48. The minimum atomic E-state index is -0.689. The summed E-state index contributed by atoms with van der Waals surface area (Å²) in [5.41, 5.74) is -0.522. The second-order valence-electron chi connectivity index (χ2n) is 4.85. The largest absolute Gasteiger partial charge is 0.377 e. The third-order valence-electron chi connectivity index (χ3n) is 2.94. The van der Waals surface area contributed by atoms with Gasteiger partial charge in [-0.1, -0.05) is 0 Å². The fourth-order valence-electron chi connectivity index (χ4n) is 1.81. The third-order valence-corrected chi connectivity index (χ3v) is 2.94. The minimum absolute atomic E-state index is 0.119. The molecule has 0 bridgehead atoms. The van der Waals surface area contributed by atoms with Gasteiger partial charge in [0.15, 0.2) is 0 Å². The molecule has 0 spiro atoms. The second kappa shape index (κ2) is 10.9. The zero-order chi connectivity index (χ0) is 18.7. The molecule has 0 aromatic heterocycles. The molecule has 0 aliphatic heterocycles. The van der Waals surface area contributed by atoms with Gasteiger partial charge in [0.2, 0.25) is 5.91 Å². The summed E-state index contributed by atoms with van der Waals surface area (Å²) in [5, 5.41) is 27.0. The molecule has 1 rings (SSSR count). The Morgan fingerprint density at radius 3 is 2.24 bits per heavy atom. The summed E-state index contributed by atoms with van der Waals surface area (Å²) in [6.45, 7) is 3.51. The highest BCUT2D eigenvalue weighted by atomic mass is 16.6. The van der Waals surface area contributed by atoms with E-state index in [4.69, 9.17) is 9.47 Å². The van der Waals surface area contributed by atoms with Gasteiger partial charge in [-0.25, -0.2) is 0 Å². The highest BCUT2D eigenvalue weighted by Crippen LogP contribution is 2.28. The molecular formula is C14H20N4O7. The Morgan fingerprint density at radius 1 is 1.04 bits per heavy atom. The molecule has 0 fully saturated rings. The lowest BCUT2D eigenvalue weighted by atomic mass is 10.2. The Hall–Kier alpha value is -2.79. The van der Waals surface area contributed by atoms with Crippen molar-refractivity contribution < 1.29 is 24.1 Å². The number of carbonyl (C=O) groups is 1. The predicted molar refractivity (Wildman–Crippen MR) is 88.6 cm³/mol. The van der Waals surface area contributed by atoms with Crippen molar-refractivity contribution in [1.82, 2.24) is 5.32 Å². The van der Waals surface area contributed by atoms with Gasteiger partial charge in [0.1, 0.15) is 5.69 Å². The number of hydrogen-bond donors (Lipinski definition) is 2. The van der Waals surface area contributed by atoms with Crippen LogP contribution in [0.25, 0.3) is 0 Å². The van der Waals surface area contributed by atoms with Gasteiger partial charge in [-0.3, -0.25) is 25.0 Å². The quantitative estimate of drug-likeness (QED) is 0.321. The highest BCUT2D eigenvalue weighted by Gasteiger charge is 2.18. The van der Waals surface area contributed by atoms with Gasteiger partial charge in [-0.05, 0) is 6.07 Å². The zero-order valence-electron chi connectivity index (χ0n) is 13.7. The number of nitro benzene ring substituents is 2. The monoisotopic (exact) mass is 356 g/mol. The van der Waals surface area contributed by atoms with E-state index in [-0.39, 0.29) is 29.6 Å². The second-order valence-corrected chi connectivity index (χ2v) is 4.85. The summed E-state index contributed by atoms with van der Waals surface area (Å²) >= 11 is 0. The molecular weight excluding hydrogens is 336 g/mol. The highest BCUT2D eigenvalue weighted by molar-refractivity contribution is 5.72. The fraction of sp³-hybridized carbons (Fsp3) is 0.500. The number of hydrogen-bond acceptors (Lipinski definition) is 8. The van der Waals surface area contributed by atoms with E-state index in [1.165, 1.54) is 19.1 Å². The molecule has 0 aliphatic carbocycles. The third kappa shape index (κ3) is 8.04. The van der Waals surface area contributed by atoms with Crippen LogP contribution in [0.1, 0.15) is 6.92 Å². The molecule has 0 unspecified atom stereocenters. The van der Waals surface area contributed by atoms with E-state index in [2.05, 4.69) is 10.6 Å². The first-order valence-corrected chi connectivity index (χ1v) is 7.48. The van der Waals surface area contributed by atoms with Crippen LogP contribution in [0.15, 0.2) is 18.2 Å². The topological polar surface area (TPSA) is 146 Å². The lowest BCUT2D eigenvalue weighted by Crippen LogP contribution is -2.25. The van der Waals surface area contributed by atoms with Crippen LogP contribution in [-0.4, -0.2) is 55.3 Å². The molecule has 1 amide bonds. The van der Waals surface area contributed by atoms with Crippen molar-refractivity contribution in [2.24, 2.45) is 0 Å². The molecule has 0 heterocycles. The summed E-state index contributed by atoms with van der Waals surface area (Å²) in [5.74, 6) is -0.119. The van der Waals surface area contributed by atoms with Crippen molar-refractivity contribution in [3.05, 3.63) is 38.4 Å². The number of ether oxygens (including phenoxy) is 2. The van der Waals surface area contributed by atoms with E-state index < -0.39 is 9.85 Å². The van der Waals surface area contributed by atoms with E-state index in [0.717, 1.165) is 6.07 Å². The molecule has 1 aromatic rings. The summed E-state index contributed by atoms with van der Waals surface area (Å²) in [7, 11) is 0. The minimum Gasteiger partial charge on any atom is -0.377 e. The van der Waals surface area contributed by atoms with Gasteiger partial charge in [0.25, 0.3) is 11.4 Å². The van der Waals surface area contributed by atoms with Crippen molar-refractivity contribution in [3.8, 4) is 0 Å². The maximum absolute atomic E-state index is 11.0. The smallest absolute Gasteiger partial charge is 0.299 e. The lowest BCUT2D eigenvalue weighted by Gasteiger charge is -2.08. The molecule has 0 radical (unpaired) electrons. The first kappa shape index (κ1) is 20.3. The number of non-ortho nitro benzene ring substituents is 1. The van der Waals surface area contributed by atoms with Gasteiger partial charge in [-0.2, -0.15) is 0 Å². The van der Waals surface area contributed by atoms with Gasteiger partial charge in [-0.15, -0.1) is 0 Å². The molecule has 138 valence electrons. The molecule has 0 saturated heterocycles. The van der Waals surface area contributed by atoms with Crippen molar-refractivity contribution in [1.29, 1.82) is 0 Å². The maximum Gasteiger partial charge on any atom is 0.299 e. The lowest BCUT2D eigenvalue weighted by molar-refractivity contribution is -0.393. The van der Waals surface area contributed by atoms with Crippen LogP contribution in [0.4, 0.5) is 17.1 Å². The van der Waals surface area contributed by atoms with Crippen LogP contribution in [-0.2, 0) is 14.3 Å².